The zero-order chi connectivity index (χ0) is 22.1. The molecular formula is C17H21N5O8. The van der Waals surface area contributed by atoms with Crippen molar-refractivity contribution in [2.45, 2.75) is 44.8 Å². The molecule has 4 atom stereocenters. The molecule has 162 valence electrons. The molecule has 0 radical (unpaired) electrons. The highest BCUT2D eigenvalue weighted by atomic mass is 16.7. The van der Waals surface area contributed by atoms with Crippen LogP contribution >= 0.6 is 0 Å². The molecule has 0 amide bonds. The van der Waals surface area contributed by atoms with Crippen LogP contribution in [0.15, 0.2) is 12.7 Å². The van der Waals surface area contributed by atoms with Crippen LogP contribution in [0, 0.1) is 0 Å². The number of nitrogens with zero attached hydrogens (tertiary/aromatic N) is 4. The van der Waals surface area contributed by atoms with E-state index in [-0.39, 0.29) is 17.0 Å². The van der Waals surface area contributed by atoms with E-state index >= 15 is 0 Å². The van der Waals surface area contributed by atoms with Gasteiger partial charge in [-0.3, -0.25) is 19.0 Å². The van der Waals surface area contributed by atoms with Crippen molar-refractivity contribution in [3.8, 4) is 0 Å². The highest BCUT2D eigenvalue weighted by Crippen LogP contribution is 2.42. The van der Waals surface area contributed by atoms with Crippen LogP contribution < -0.4 is 5.73 Å². The first-order chi connectivity index (χ1) is 14.2. The number of esters is 3. The summed E-state index contributed by atoms with van der Waals surface area (Å²) in [5, 5.41) is 10.1. The molecule has 0 unspecified atom stereocenters. The summed E-state index contributed by atoms with van der Waals surface area (Å²) in [4.78, 5) is 47.1. The van der Waals surface area contributed by atoms with Crippen molar-refractivity contribution >= 4 is 34.9 Å². The Labute approximate surface area is 170 Å². The molecular weight excluding hydrogens is 402 g/mol. The molecule has 1 fully saturated rings. The fraction of sp³-hybridized carbons (Fsp3) is 0.529. The van der Waals surface area contributed by atoms with Gasteiger partial charge in [-0.05, 0) is 0 Å². The van der Waals surface area contributed by atoms with Crippen LogP contribution in [0.5, 0.6) is 0 Å². The lowest BCUT2D eigenvalue weighted by molar-refractivity contribution is -0.185. The summed E-state index contributed by atoms with van der Waals surface area (Å²) in [5.74, 6) is -1.94. The summed E-state index contributed by atoms with van der Waals surface area (Å²) in [6.45, 7) is 2.31. The number of fused-ring (bicyclic) bond motifs is 1. The highest BCUT2D eigenvalue weighted by Gasteiger charge is 2.60. The van der Waals surface area contributed by atoms with Crippen LogP contribution in [0.25, 0.3) is 11.2 Å². The number of aliphatic hydroxyl groups excluding tert-OH is 1. The quantitative estimate of drug-likeness (QED) is 0.432. The Bertz CT molecular complexity index is 978. The third-order valence-electron chi connectivity index (χ3n) is 4.50. The van der Waals surface area contributed by atoms with Gasteiger partial charge in [0.05, 0.1) is 12.9 Å². The van der Waals surface area contributed by atoms with E-state index in [1.807, 2.05) is 0 Å². The standard InChI is InChI=1S/C17H21N5O8/c1-8(24)27-5-17(4-23)13(29-10(3)26)12(28-9(2)25)16(30-17)22-7-21-11-14(18)19-6-20-15(11)22/h6-7,12-13,16,23H,4-5H2,1-3H3,(H2,18,19,20)/t12-,13-,16-,17-/m1/s1. The van der Waals surface area contributed by atoms with Gasteiger partial charge in [0.25, 0.3) is 0 Å². The third kappa shape index (κ3) is 3.89. The second-order valence-corrected chi connectivity index (χ2v) is 6.70. The van der Waals surface area contributed by atoms with E-state index < -0.39 is 55.2 Å². The Morgan fingerprint density at radius 3 is 2.47 bits per heavy atom. The van der Waals surface area contributed by atoms with Gasteiger partial charge in [0.15, 0.2) is 35.5 Å². The molecule has 2 aromatic heterocycles. The lowest BCUT2D eigenvalue weighted by Gasteiger charge is -2.31. The average molecular weight is 423 g/mol. The maximum absolute atomic E-state index is 11.8. The summed E-state index contributed by atoms with van der Waals surface area (Å²) in [6.07, 6.45) is -1.11. The fourth-order valence-electron chi connectivity index (χ4n) is 3.27. The van der Waals surface area contributed by atoms with E-state index in [1.54, 1.807) is 0 Å². The predicted octanol–water partition coefficient (Wildman–Crippen LogP) is -0.905. The number of aromatic nitrogens is 4. The van der Waals surface area contributed by atoms with Crippen LogP contribution in [0.1, 0.15) is 27.0 Å². The number of imidazole rings is 1. The zero-order valence-corrected chi connectivity index (χ0v) is 16.5. The molecule has 0 aliphatic carbocycles. The van der Waals surface area contributed by atoms with Crippen LogP contribution in [0.2, 0.25) is 0 Å². The van der Waals surface area contributed by atoms with Crippen molar-refractivity contribution in [2.24, 2.45) is 0 Å². The minimum atomic E-state index is -1.71. The van der Waals surface area contributed by atoms with Crippen molar-refractivity contribution in [3.63, 3.8) is 0 Å². The lowest BCUT2D eigenvalue weighted by atomic mass is 9.96. The van der Waals surface area contributed by atoms with E-state index in [0.717, 1.165) is 6.92 Å². The monoisotopic (exact) mass is 423 g/mol. The van der Waals surface area contributed by atoms with Gasteiger partial charge in [0.2, 0.25) is 0 Å². The normalized spacial score (nSPS) is 25.8. The second kappa shape index (κ2) is 8.20. The number of rotatable bonds is 6. The first-order valence-corrected chi connectivity index (χ1v) is 8.88. The number of hydrogen-bond acceptors (Lipinski definition) is 12. The summed E-state index contributed by atoms with van der Waals surface area (Å²) < 4.78 is 23.2. The third-order valence-corrected chi connectivity index (χ3v) is 4.50. The Kier molecular flexibility index (Phi) is 5.85. The summed E-state index contributed by atoms with van der Waals surface area (Å²) in [6, 6.07) is 0. The highest BCUT2D eigenvalue weighted by molar-refractivity contribution is 5.81. The number of anilines is 1. The minimum Gasteiger partial charge on any atom is -0.463 e. The van der Waals surface area contributed by atoms with Gasteiger partial charge in [-0.15, -0.1) is 0 Å². The molecule has 0 spiro atoms. The van der Waals surface area contributed by atoms with E-state index in [1.165, 1.54) is 31.1 Å². The van der Waals surface area contributed by atoms with Gasteiger partial charge < -0.3 is 29.8 Å². The smallest absolute Gasteiger partial charge is 0.303 e. The van der Waals surface area contributed by atoms with E-state index in [2.05, 4.69) is 15.0 Å². The Morgan fingerprint density at radius 2 is 1.87 bits per heavy atom. The molecule has 3 rings (SSSR count). The van der Waals surface area contributed by atoms with Gasteiger partial charge in [-0.25, -0.2) is 15.0 Å². The van der Waals surface area contributed by atoms with Crippen LogP contribution in [-0.4, -0.2) is 73.6 Å². The van der Waals surface area contributed by atoms with Crippen molar-refractivity contribution in [3.05, 3.63) is 12.7 Å². The topological polar surface area (TPSA) is 178 Å². The molecule has 0 aromatic carbocycles. The molecule has 0 bridgehead atoms. The Hall–Kier alpha value is -3.32. The largest absolute Gasteiger partial charge is 0.463 e. The lowest BCUT2D eigenvalue weighted by Crippen LogP contribution is -2.53. The molecule has 1 aliphatic heterocycles. The minimum absolute atomic E-state index is 0.116. The molecule has 2 aromatic rings. The maximum atomic E-state index is 11.8. The van der Waals surface area contributed by atoms with Crippen LogP contribution in [0.3, 0.4) is 0 Å². The molecule has 3 N–H and O–H groups in total. The van der Waals surface area contributed by atoms with Crippen molar-refractivity contribution in [2.75, 3.05) is 18.9 Å². The number of hydrogen-bond donors (Lipinski definition) is 2. The average Bonchev–Trinajstić information content (AvgIpc) is 3.21. The summed E-state index contributed by atoms with van der Waals surface area (Å²) in [5.41, 5.74) is 4.63. The first kappa shape index (κ1) is 21.4. The van der Waals surface area contributed by atoms with Crippen molar-refractivity contribution in [1.29, 1.82) is 0 Å². The maximum Gasteiger partial charge on any atom is 0.303 e. The summed E-state index contributed by atoms with van der Waals surface area (Å²) in [7, 11) is 0. The van der Waals surface area contributed by atoms with E-state index in [0.29, 0.717) is 0 Å². The Balaban J connectivity index is 2.12. The predicted molar refractivity (Wildman–Crippen MR) is 97.4 cm³/mol. The van der Waals surface area contributed by atoms with Gasteiger partial charge in [0.1, 0.15) is 18.5 Å². The summed E-state index contributed by atoms with van der Waals surface area (Å²) >= 11 is 0. The second-order valence-electron chi connectivity index (χ2n) is 6.70. The molecule has 3 heterocycles. The number of ether oxygens (including phenoxy) is 4. The van der Waals surface area contributed by atoms with Gasteiger partial charge in [-0.1, -0.05) is 0 Å². The van der Waals surface area contributed by atoms with Gasteiger partial charge in [-0.2, -0.15) is 0 Å². The number of nitrogens with two attached hydrogens (primary N) is 1. The number of carbonyl (C=O) groups is 3. The fourth-order valence-corrected chi connectivity index (χ4v) is 3.27. The van der Waals surface area contributed by atoms with Gasteiger partial charge >= 0.3 is 17.9 Å². The van der Waals surface area contributed by atoms with Crippen molar-refractivity contribution < 1.29 is 38.4 Å². The van der Waals surface area contributed by atoms with E-state index in [9.17, 15) is 19.5 Å². The number of carbonyl (C=O) groups excluding carboxylic acids is 3. The Morgan fingerprint density at radius 1 is 1.17 bits per heavy atom. The SMILES string of the molecule is CC(=O)OC[C@@]1(CO)O[C@@H](n2cnc3c(N)ncnc32)[C@H](OC(C)=O)[C@H]1OC(C)=O. The molecule has 30 heavy (non-hydrogen) atoms. The molecule has 1 saturated heterocycles. The number of aliphatic hydroxyl groups is 1. The van der Waals surface area contributed by atoms with Crippen LogP contribution in [-0.2, 0) is 33.3 Å². The number of nitrogen functional groups attached to an aromatic ring is 1. The molecule has 1 aliphatic rings. The molecule has 13 nitrogen and oxygen atoms in total. The molecule has 13 heteroatoms. The van der Waals surface area contributed by atoms with Crippen molar-refractivity contribution in [1.82, 2.24) is 19.5 Å². The van der Waals surface area contributed by atoms with Crippen LogP contribution in [0.4, 0.5) is 5.82 Å². The zero-order valence-electron chi connectivity index (χ0n) is 16.5. The van der Waals surface area contributed by atoms with Gasteiger partial charge in [0, 0.05) is 20.8 Å². The van der Waals surface area contributed by atoms with E-state index in [4.69, 9.17) is 24.7 Å². The first-order valence-electron chi connectivity index (χ1n) is 8.88. The molecule has 0 saturated carbocycles.